The molecule has 0 bridgehead atoms. The highest BCUT2D eigenvalue weighted by molar-refractivity contribution is 7.67. The van der Waals surface area contributed by atoms with E-state index in [4.69, 9.17) is 9.47 Å². The molecule has 0 radical (unpaired) electrons. The van der Waals surface area contributed by atoms with E-state index in [1.54, 1.807) is 5.30 Å². The zero-order valence-corrected chi connectivity index (χ0v) is 15.2. The molecule has 3 fully saturated rings. The lowest BCUT2D eigenvalue weighted by atomic mass is 10.1. The molecule has 4 rings (SSSR count). The van der Waals surface area contributed by atoms with Crippen molar-refractivity contribution in [2.75, 3.05) is 13.2 Å². The van der Waals surface area contributed by atoms with Crippen molar-refractivity contribution in [2.24, 2.45) is 0 Å². The molecule has 1 heterocycles. The Balaban J connectivity index is 1.73. The summed E-state index contributed by atoms with van der Waals surface area (Å²) in [5.41, 5.74) is 3.18. The summed E-state index contributed by atoms with van der Waals surface area (Å²) < 4.78 is 12.1. The highest BCUT2D eigenvalue weighted by Gasteiger charge is 2.40. The van der Waals surface area contributed by atoms with Crippen LogP contribution in [0.4, 0.5) is 0 Å². The number of hydrogen-bond donors (Lipinski definition) is 0. The van der Waals surface area contributed by atoms with E-state index in [0.29, 0.717) is 0 Å². The van der Waals surface area contributed by atoms with Gasteiger partial charge in [0.1, 0.15) is 0 Å². The van der Waals surface area contributed by atoms with Crippen molar-refractivity contribution in [3.05, 3.63) is 29.8 Å². The fraction of sp³-hybridized carbons (Fsp3) is 0.700. The van der Waals surface area contributed by atoms with E-state index < -0.39 is 5.79 Å². The number of rotatable bonds is 4. The lowest BCUT2D eigenvalue weighted by molar-refractivity contribution is -0.149. The van der Waals surface area contributed by atoms with Crippen LogP contribution in [0.15, 0.2) is 24.3 Å². The molecule has 1 aromatic carbocycles. The molecule has 3 heteroatoms. The molecule has 2 aliphatic carbocycles. The molecule has 0 aromatic heterocycles. The normalized spacial score (nSPS) is 25.7. The van der Waals surface area contributed by atoms with Gasteiger partial charge in [0.2, 0.25) is 0 Å². The lowest BCUT2D eigenvalue weighted by Crippen LogP contribution is -2.32. The van der Waals surface area contributed by atoms with E-state index in [9.17, 15) is 0 Å². The minimum Gasteiger partial charge on any atom is -0.344 e. The molecule has 0 unspecified atom stereocenters. The Morgan fingerprint density at radius 1 is 0.870 bits per heavy atom. The zero-order chi connectivity index (χ0) is 15.7. The van der Waals surface area contributed by atoms with Crippen molar-refractivity contribution < 1.29 is 9.47 Å². The van der Waals surface area contributed by atoms with Crippen LogP contribution in [0.3, 0.4) is 0 Å². The van der Waals surface area contributed by atoms with Crippen LogP contribution >= 0.6 is 7.92 Å². The Labute approximate surface area is 141 Å². The molecule has 1 aliphatic heterocycles. The highest BCUT2D eigenvalue weighted by Crippen LogP contribution is 2.57. The van der Waals surface area contributed by atoms with Crippen LogP contribution in [0.25, 0.3) is 0 Å². The third kappa shape index (κ3) is 3.11. The quantitative estimate of drug-likeness (QED) is 0.730. The Kier molecular flexibility index (Phi) is 4.77. The fourth-order valence-electron chi connectivity index (χ4n) is 4.81. The van der Waals surface area contributed by atoms with Gasteiger partial charge in [-0.3, -0.25) is 0 Å². The van der Waals surface area contributed by atoms with Gasteiger partial charge in [-0.15, -0.1) is 0 Å². The minimum absolute atomic E-state index is 0.0868. The molecule has 0 atom stereocenters. The van der Waals surface area contributed by atoms with Gasteiger partial charge in [-0.2, -0.15) is 0 Å². The maximum Gasteiger partial charge on any atom is 0.192 e. The van der Waals surface area contributed by atoms with Gasteiger partial charge >= 0.3 is 0 Å². The van der Waals surface area contributed by atoms with E-state index in [1.165, 1.54) is 56.9 Å². The van der Waals surface area contributed by atoms with Gasteiger partial charge in [0.25, 0.3) is 0 Å². The van der Waals surface area contributed by atoms with E-state index in [1.807, 2.05) is 0 Å². The molecular formula is C20H29O2P. The number of ether oxygens (including phenoxy) is 2. The summed E-state index contributed by atoms with van der Waals surface area (Å²) in [7, 11) is -0.0868. The predicted octanol–water partition coefficient (Wildman–Crippen LogP) is 4.90. The molecule has 2 saturated carbocycles. The van der Waals surface area contributed by atoms with Gasteiger partial charge in [-0.1, -0.05) is 57.9 Å². The Hall–Kier alpha value is -0.430. The Morgan fingerprint density at radius 2 is 1.39 bits per heavy atom. The summed E-state index contributed by atoms with van der Waals surface area (Å²) >= 11 is 0. The second-order valence-corrected chi connectivity index (χ2v) is 10.2. The SMILES string of the molecule is CC1(c2ccccc2P(C2CCCC2)C2CCCC2)OCCO1. The second-order valence-electron chi connectivity index (χ2n) is 7.44. The summed E-state index contributed by atoms with van der Waals surface area (Å²) in [6.07, 6.45) is 11.5. The summed E-state index contributed by atoms with van der Waals surface area (Å²) in [5.74, 6) is -0.519. The second kappa shape index (κ2) is 6.82. The van der Waals surface area contributed by atoms with Crippen LogP contribution in [0.1, 0.15) is 63.9 Å². The van der Waals surface area contributed by atoms with Crippen LogP contribution < -0.4 is 5.30 Å². The van der Waals surface area contributed by atoms with Gasteiger partial charge in [0, 0.05) is 5.56 Å². The molecule has 126 valence electrons. The minimum atomic E-state index is -0.519. The number of benzene rings is 1. The highest BCUT2D eigenvalue weighted by atomic mass is 31.1. The average Bonchev–Trinajstić information content (AvgIpc) is 3.31. The smallest absolute Gasteiger partial charge is 0.192 e. The van der Waals surface area contributed by atoms with Crippen molar-refractivity contribution in [1.82, 2.24) is 0 Å². The van der Waals surface area contributed by atoms with Gasteiger partial charge in [0.05, 0.1) is 13.2 Å². The maximum absolute atomic E-state index is 6.03. The first-order chi connectivity index (χ1) is 11.3. The summed E-state index contributed by atoms with van der Waals surface area (Å²) in [4.78, 5) is 0. The fourth-order valence-corrected chi connectivity index (χ4v) is 8.85. The van der Waals surface area contributed by atoms with Gasteiger partial charge < -0.3 is 9.47 Å². The van der Waals surface area contributed by atoms with Gasteiger partial charge in [-0.25, -0.2) is 0 Å². The Morgan fingerprint density at radius 3 is 1.96 bits per heavy atom. The van der Waals surface area contributed by atoms with Crippen molar-refractivity contribution in [2.45, 2.75) is 75.4 Å². The van der Waals surface area contributed by atoms with Crippen LogP contribution in [0.2, 0.25) is 0 Å². The van der Waals surface area contributed by atoms with Gasteiger partial charge in [0.15, 0.2) is 5.79 Å². The van der Waals surface area contributed by atoms with Crippen molar-refractivity contribution in [3.8, 4) is 0 Å². The lowest BCUT2D eigenvalue weighted by Gasteiger charge is -2.35. The molecule has 0 amide bonds. The van der Waals surface area contributed by atoms with Crippen molar-refractivity contribution in [1.29, 1.82) is 0 Å². The van der Waals surface area contributed by atoms with Crippen LogP contribution in [0, 0.1) is 0 Å². The zero-order valence-electron chi connectivity index (χ0n) is 14.3. The monoisotopic (exact) mass is 332 g/mol. The summed E-state index contributed by atoms with van der Waals surface area (Å²) in [6, 6.07) is 9.05. The molecule has 2 nitrogen and oxygen atoms in total. The molecular weight excluding hydrogens is 303 g/mol. The topological polar surface area (TPSA) is 18.5 Å². The van der Waals surface area contributed by atoms with Crippen LogP contribution in [-0.2, 0) is 15.3 Å². The van der Waals surface area contributed by atoms with Crippen LogP contribution in [-0.4, -0.2) is 24.5 Å². The van der Waals surface area contributed by atoms with Crippen molar-refractivity contribution >= 4 is 13.2 Å². The van der Waals surface area contributed by atoms with Crippen molar-refractivity contribution in [3.63, 3.8) is 0 Å². The standard InChI is InChI=1S/C20H29O2P/c1-20(21-14-15-22-20)18-12-6-7-13-19(18)23(16-8-2-3-9-16)17-10-4-5-11-17/h6-7,12-13,16-17H,2-5,8-11,14-15H2,1H3. The van der Waals surface area contributed by atoms with E-state index in [0.717, 1.165) is 24.5 Å². The predicted molar refractivity (Wildman–Crippen MR) is 96.8 cm³/mol. The largest absolute Gasteiger partial charge is 0.344 e. The molecule has 1 aromatic rings. The molecule has 0 N–H and O–H groups in total. The van der Waals surface area contributed by atoms with E-state index in [-0.39, 0.29) is 7.92 Å². The van der Waals surface area contributed by atoms with Crippen LogP contribution in [0.5, 0.6) is 0 Å². The first-order valence-electron chi connectivity index (χ1n) is 9.44. The molecule has 3 aliphatic rings. The molecule has 1 saturated heterocycles. The maximum atomic E-state index is 6.03. The molecule has 0 spiro atoms. The summed E-state index contributed by atoms with van der Waals surface area (Å²) in [6.45, 7) is 3.56. The van der Waals surface area contributed by atoms with Gasteiger partial charge in [-0.05, 0) is 49.2 Å². The summed E-state index contributed by atoms with van der Waals surface area (Å²) in [5, 5.41) is 1.59. The first kappa shape index (κ1) is 16.1. The third-order valence-electron chi connectivity index (χ3n) is 5.95. The first-order valence-corrected chi connectivity index (χ1v) is 10.9. The van der Waals surface area contributed by atoms with E-state index in [2.05, 4.69) is 31.2 Å². The van der Waals surface area contributed by atoms with E-state index >= 15 is 0 Å². The molecule has 23 heavy (non-hydrogen) atoms. The third-order valence-corrected chi connectivity index (χ3v) is 9.50. The number of hydrogen-bond acceptors (Lipinski definition) is 2. The Bertz CT molecular complexity index is 510. The average molecular weight is 332 g/mol.